The Bertz CT molecular complexity index is 822. The molecule has 0 aromatic rings. The van der Waals surface area contributed by atoms with Crippen molar-refractivity contribution in [2.24, 2.45) is 35.0 Å². The number of ketones is 2. The lowest BCUT2D eigenvalue weighted by Crippen LogP contribution is -2.59. The summed E-state index contributed by atoms with van der Waals surface area (Å²) in [6.45, 7) is 2.86. The van der Waals surface area contributed by atoms with Crippen LogP contribution in [0.4, 0.5) is 0 Å². The summed E-state index contributed by atoms with van der Waals surface area (Å²) in [5, 5.41) is 0. The minimum Gasteiger partial charge on any atom is -0.457 e. The van der Waals surface area contributed by atoms with E-state index in [4.69, 9.17) is 9.47 Å². The molecule has 26 heavy (non-hydrogen) atoms. The van der Waals surface area contributed by atoms with Gasteiger partial charge >= 0.3 is 5.97 Å². The third-order valence-corrected chi connectivity index (χ3v) is 8.33. The highest BCUT2D eigenvalue weighted by atomic mass is 16.6. The van der Waals surface area contributed by atoms with Gasteiger partial charge in [0.25, 0.3) is 0 Å². The molecule has 0 aromatic carbocycles. The first-order valence-electron chi connectivity index (χ1n) is 9.87. The van der Waals surface area contributed by atoms with Crippen LogP contribution in [0.3, 0.4) is 0 Å². The van der Waals surface area contributed by atoms with Gasteiger partial charge in [-0.05, 0) is 55.6 Å². The topological polar surface area (TPSA) is 69.7 Å². The SMILES string of the molecule is C[C@@H]1CO[C@@H]2C3=C(C(=O)C=CC3=O)[C@H]3OC(=O)[C@@H]4CCC5[C@@H]1CCC52C34. The Morgan fingerprint density at radius 3 is 2.62 bits per heavy atom. The second-order valence-corrected chi connectivity index (χ2v) is 9.07. The molecule has 2 saturated heterocycles. The van der Waals surface area contributed by atoms with Crippen LogP contribution in [0.1, 0.15) is 32.6 Å². The zero-order valence-corrected chi connectivity index (χ0v) is 14.8. The minimum atomic E-state index is -0.557. The largest absolute Gasteiger partial charge is 0.457 e. The lowest BCUT2D eigenvalue weighted by Gasteiger charge is -2.55. The maximum atomic E-state index is 12.9. The molecule has 6 aliphatic rings. The fraction of sp³-hybridized carbons (Fsp3) is 0.667. The number of allylic oxidation sites excluding steroid dienone is 2. The van der Waals surface area contributed by atoms with Crippen molar-refractivity contribution in [1.29, 1.82) is 0 Å². The van der Waals surface area contributed by atoms with E-state index >= 15 is 0 Å². The van der Waals surface area contributed by atoms with Gasteiger partial charge in [0.1, 0.15) is 6.10 Å². The number of hydrogen-bond acceptors (Lipinski definition) is 5. The van der Waals surface area contributed by atoms with Crippen LogP contribution in [0.15, 0.2) is 23.3 Å². The van der Waals surface area contributed by atoms with Crippen molar-refractivity contribution in [3.8, 4) is 0 Å². The predicted molar refractivity (Wildman–Crippen MR) is 89.8 cm³/mol. The van der Waals surface area contributed by atoms with E-state index in [1.807, 2.05) is 0 Å². The van der Waals surface area contributed by atoms with E-state index in [2.05, 4.69) is 6.92 Å². The van der Waals surface area contributed by atoms with Gasteiger partial charge in [-0.25, -0.2) is 0 Å². The Morgan fingerprint density at radius 1 is 1.04 bits per heavy atom. The molecule has 2 bridgehead atoms. The number of ether oxygens (including phenoxy) is 2. The van der Waals surface area contributed by atoms with Crippen LogP contribution in [0.5, 0.6) is 0 Å². The standard InChI is InChI=1S/C21H22O5/c1-9-8-25-19-16-14(23)5-4-13(22)15(16)18-17-11(20(24)26-18)2-3-12-10(9)6-7-21(12,17)19/h4-5,9-12,17-19H,2-3,6-8H2,1H3/t9-,10-,11-,12?,17?,18-,19-,21?/m1/s1. The van der Waals surface area contributed by atoms with E-state index in [0.717, 1.165) is 25.7 Å². The van der Waals surface area contributed by atoms with E-state index in [9.17, 15) is 14.4 Å². The molecule has 0 N–H and O–H groups in total. The van der Waals surface area contributed by atoms with Crippen LogP contribution >= 0.6 is 0 Å². The zero-order chi connectivity index (χ0) is 17.8. The molecular weight excluding hydrogens is 332 g/mol. The van der Waals surface area contributed by atoms with Crippen molar-refractivity contribution >= 4 is 17.5 Å². The summed E-state index contributed by atoms with van der Waals surface area (Å²) in [4.78, 5) is 38.2. The second kappa shape index (κ2) is 4.75. The number of hydrogen-bond donors (Lipinski definition) is 0. The Balaban J connectivity index is 1.64. The van der Waals surface area contributed by atoms with E-state index in [-0.39, 0.29) is 40.9 Å². The Morgan fingerprint density at radius 2 is 1.81 bits per heavy atom. The number of esters is 1. The van der Waals surface area contributed by atoms with Crippen LogP contribution < -0.4 is 0 Å². The molecule has 4 aliphatic carbocycles. The zero-order valence-electron chi connectivity index (χ0n) is 14.8. The highest BCUT2D eigenvalue weighted by Gasteiger charge is 2.72. The number of fused-ring (bicyclic) bond motifs is 2. The smallest absolute Gasteiger partial charge is 0.310 e. The molecular formula is C21H22O5. The van der Waals surface area contributed by atoms with Gasteiger partial charge in [0.2, 0.25) is 0 Å². The Labute approximate surface area is 151 Å². The first-order valence-corrected chi connectivity index (χ1v) is 9.87. The summed E-state index contributed by atoms with van der Waals surface area (Å²) in [7, 11) is 0. The van der Waals surface area contributed by atoms with Gasteiger partial charge in [-0.2, -0.15) is 0 Å². The molecule has 3 unspecified atom stereocenters. The average molecular weight is 354 g/mol. The van der Waals surface area contributed by atoms with Gasteiger partial charge in [0.05, 0.1) is 18.6 Å². The molecule has 0 amide bonds. The minimum absolute atomic E-state index is 0.0175. The summed E-state index contributed by atoms with van der Waals surface area (Å²) in [5.74, 6) is 0.775. The van der Waals surface area contributed by atoms with Crippen molar-refractivity contribution in [2.75, 3.05) is 6.61 Å². The van der Waals surface area contributed by atoms with Crippen LogP contribution in [0.25, 0.3) is 0 Å². The Hall–Kier alpha value is -1.75. The van der Waals surface area contributed by atoms with Crippen molar-refractivity contribution in [2.45, 2.75) is 44.8 Å². The van der Waals surface area contributed by atoms with Crippen molar-refractivity contribution < 1.29 is 23.9 Å². The van der Waals surface area contributed by atoms with Gasteiger partial charge in [0.15, 0.2) is 11.6 Å². The van der Waals surface area contributed by atoms with E-state index in [1.165, 1.54) is 12.2 Å². The van der Waals surface area contributed by atoms with Crippen LogP contribution in [0.2, 0.25) is 0 Å². The summed E-state index contributed by atoms with van der Waals surface area (Å²) < 4.78 is 12.2. The molecule has 5 heteroatoms. The highest BCUT2D eigenvalue weighted by Crippen LogP contribution is 2.70. The third-order valence-electron chi connectivity index (χ3n) is 8.33. The van der Waals surface area contributed by atoms with Crippen LogP contribution in [-0.2, 0) is 23.9 Å². The van der Waals surface area contributed by atoms with Crippen molar-refractivity contribution in [3.63, 3.8) is 0 Å². The highest BCUT2D eigenvalue weighted by molar-refractivity contribution is 6.21. The summed E-state index contributed by atoms with van der Waals surface area (Å²) in [5.41, 5.74) is 0.677. The monoisotopic (exact) mass is 354 g/mol. The van der Waals surface area contributed by atoms with Crippen LogP contribution in [0, 0.1) is 35.0 Å². The molecule has 5 nitrogen and oxygen atoms in total. The average Bonchev–Trinajstić information content (AvgIpc) is 3.13. The normalized spacial score (nSPS) is 51.1. The first-order chi connectivity index (χ1) is 12.5. The van der Waals surface area contributed by atoms with Gasteiger partial charge in [0, 0.05) is 22.5 Å². The fourth-order valence-electron chi connectivity index (χ4n) is 7.51. The van der Waals surface area contributed by atoms with Crippen LogP contribution in [-0.4, -0.2) is 36.4 Å². The molecule has 1 spiro atoms. The summed E-state index contributed by atoms with van der Waals surface area (Å²) >= 11 is 0. The third kappa shape index (κ3) is 1.52. The maximum absolute atomic E-state index is 12.9. The lowest BCUT2D eigenvalue weighted by molar-refractivity contribution is -0.143. The molecule has 136 valence electrons. The molecule has 8 atom stereocenters. The Kier molecular flexibility index (Phi) is 2.80. The van der Waals surface area contributed by atoms with Crippen molar-refractivity contribution in [3.05, 3.63) is 23.3 Å². The maximum Gasteiger partial charge on any atom is 0.310 e. The van der Waals surface area contributed by atoms with Gasteiger partial charge in [-0.15, -0.1) is 0 Å². The van der Waals surface area contributed by atoms with E-state index in [0.29, 0.717) is 35.5 Å². The molecule has 0 radical (unpaired) electrons. The second-order valence-electron chi connectivity index (χ2n) is 9.07. The van der Waals surface area contributed by atoms with Crippen molar-refractivity contribution in [1.82, 2.24) is 0 Å². The van der Waals surface area contributed by atoms with E-state index < -0.39 is 6.10 Å². The van der Waals surface area contributed by atoms with Gasteiger partial charge in [-0.3, -0.25) is 14.4 Å². The lowest BCUT2D eigenvalue weighted by atomic mass is 9.48. The molecule has 2 aliphatic heterocycles. The molecule has 2 heterocycles. The molecule has 0 aromatic heterocycles. The molecule has 2 saturated carbocycles. The first kappa shape index (κ1) is 15.3. The number of rotatable bonds is 0. The molecule has 6 rings (SSSR count). The quantitative estimate of drug-likeness (QED) is 0.492. The number of carbonyl (C=O) groups is 3. The van der Waals surface area contributed by atoms with Gasteiger partial charge < -0.3 is 9.47 Å². The predicted octanol–water partition coefficient (Wildman–Crippen LogP) is 2.00. The fourth-order valence-corrected chi connectivity index (χ4v) is 7.51. The van der Waals surface area contributed by atoms with Gasteiger partial charge in [-0.1, -0.05) is 6.92 Å². The molecule has 4 fully saturated rings. The summed E-state index contributed by atoms with van der Waals surface area (Å²) in [6, 6.07) is 0. The number of carbonyl (C=O) groups excluding carboxylic acids is 3. The van der Waals surface area contributed by atoms with E-state index in [1.54, 1.807) is 0 Å². The summed E-state index contributed by atoms with van der Waals surface area (Å²) in [6.07, 6.45) is 5.70.